The van der Waals surface area contributed by atoms with Crippen molar-refractivity contribution in [1.82, 2.24) is 5.32 Å². The van der Waals surface area contributed by atoms with E-state index in [1.807, 2.05) is 0 Å². The zero-order valence-corrected chi connectivity index (χ0v) is 13.9. The van der Waals surface area contributed by atoms with Gasteiger partial charge in [-0.05, 0) is 30.3 Å². The molecule has 6 nitrogen and oxygen atoms in total. The van der Waals surface area contributed by atoms with Crippen LogP contribution in [0, 0.1) is 17.5 Å². The van der Waals surface area contributed by atoms with Crippen LogP contribution in [0.25, 0.3) is 0 Å². The first-order valence-electron chi connectivity index (χ1n) is 7.79. The molecule has 0 aromatic heterocycles. The number of hydrogen-bond acceptors (Lipinski definition) is 4. The van der Waals surface area contributed by atoms with Crippen molar-refractivity contribution in [3.05, 3.63) is 65.5 Å². The number of hydrogen-bond donors (Lipinski definition) is 2. The minimum absolute atomic E-state index is 0.167. The largest absolute Gasteiger partial charge is 0.456 e. The lowest BCUT2D eigenvalue weighted by atomic mass is 10.2. The molecule has 0 spiro atoms. The monoisotopic (exact) mass is 380 g/mol. The number of amides is 2. The summed E-state index contributed by atoms with van der Waals surface area (Å²) in [6.07, 6.45) is -0.262. The molecule has 2 amide bonds. The number of carbonyl (C=O) groups excluding carboxylic acids is 3. The highest BCUT2D eigenvalue weighted by Gasteiger charge is 2.13. The van der Waals surface area contributed by atoms with Gasteiger partial charge in [0.25, 0.3) is 11.8 Å². The minimum Gasteiger partial charge on any atom is -0.456 e. The van der Waals surface area contributed by atoms with E-state index in [2.05, 4.69) is 10.6 Å². The van der Waals surface area contributed by atoms with Gasteiger partial charge in [-0.2, -0.15) is 0 Å². The van der Waals surface area contributed by atoms with Gasteiger partial charge in [0, 0.05) is 18.3 Å². The maximum absolute atomic E-state index is 13.4. The average Bonchev–Trinajstić information content (AvgIpc) is 2.60. The molecule has 0 saturated carbocycles. The summed E-state index contributed by atoms with van der Waals surface area (Å²) in [6.45, 7) is -0.754. The standard InChI is InChI=1S/C18H15F3N2O4/c19-11-2-1-3-13(8-11)23-16(24)10-27-17(25)6-7-22-18(26)14-5-4-12(20)9-15(14)21/h1-5,8-9H,6-7,10H2,(H,22,26)(H,23,24). The van der Waals surface area contributed by atoms with Gasteiger partial charge in [0.2, 0.25) is 0 Å². The second-order valence-corrected chi connectivity index (χ2v) is 5.35. The van der Waals surface area contributed by atoms with Crippen LogP contribution in [-0.4, -0.2) is 30.9 Å². The third kappa shape index (κ3) is 6.46. The van der Waals surface area contributed by atoms with Gasteiger partial charge in [0.1, 0.15) is 17.5 Å². The Hall–Kier alpha value is -3.36. The topological polar surface area (TPSA) is 84.5 Å². The maximum Gasteiger partial charge on any atom is 0.308 e. The predicted octanol–water partition coefficient (Wildman–Crippen LogP) is 2.41. The highest BCUT2D eigenvalue weighted by molar-refractivity contribution is 5.95. The average molecular weight is 380 g/mol. The van der Waals surface area contributed by atoms with Crippen LogP contribution in [0.3, 0.4) is 0 Å². The van der Waals surface area contributed by atoms with Crippen molar-refractivity contribution in [3.63, 3.8) is 0 Å². The molecule has 2 rings (SSSR count). The van der Waals surface area contributed by atoms with Gasteiger partial charge in [-0.3, -0.25) is 14.4 Å². The number of benzene rings is 2. The molecule has 0 fully saturated rings. The van der Waals surface area contributed by atoms with Crippen molar-refractivity contribution >= 4 is 23.5 Å². The van der Waals surface area contributed by atoms with Crippen LogP contribution >= 0.6 is 0 Å². The van der Waals surface area contributed by atoms with E-state index in [-0.39, 0.29) is 24.2 Å². The Morgan fingerprint density at radius 1 is 0.963 bits per heavy atom. The maximum atomic E-state index is 13.4. The number of nitrogens with one attached hydrogen (secondary N) is 2. The Morgan fingerprint density at radius 3 is 2.41 bits per heavy atom. The summed E-state index contributed by atoms with van der Waals surface area (Å²) in [5, 5.41) is 4.63. The van der Waals surface area contributed by atoms with Gasteiger partial charge in [-0.1, -0.05) is 6.07 Å². The van der Waals surface area contributed by atoms with E-state index >= 15 is 0 Å². The molecule has 0 heterocycles. The molecule has 2 aromatic carbocycles. The SMILES string of the molecule is O=C(COC(=O)CCNC(=O)c1ccc(F)cc1F)Nc1cccc(F)c1. The molecule has 2 N–H and O–H groups in total. The fourth-order valence-corrected chi connectivity index (χ4v) is 2.03. The molecule has 0 unspecified atom stereocenters. The van der Waals surface area contributed by atoms with Gasteiger partial charge >= 0.3 is 5.97 Å². The molecule has 0 aliphatic heterocycles. The summed E-state index contributed by atoms with van der Waals surface area (Å²) in [5.41, 5.74) is -0.149. The first-order valence-corrected chi connectivity index (χ1v) is 7.79. The van der Waals surface area contributed by atoms with E-state index in [0.717, 1.165) is 18.2 Å². The summed E-state index contributed by atoms with van der Waals surface area (Å²) >= 11 is 0. The third-order valence-electron chi connectivity index (χ3n) is 3.26. The highest BCUT2D eigenvalue weighted by atomic mass is 19.1. The normalized spacial score (nSPS) is 10.2. The first kappa shape index (κ1) is 20.0. The predicted molar refractivity (Wildman–Crippen MR) is 89.3 cm³/mol. The van der Waals surface area contributed by atoms with Gasteiger partial charge in [0.05, 0.1) is 12.0 Å². The molecular weight excluding hydrogens is 365 g/mol. The lowest BCUT2D eigenvalue weighted by Gasteiger charge is -2.08. The molecule has 0 aliphatic rings. The van der Waals surface area contributed by atoms with Gasteiger partial charge in [-0.15, -0.1) is 0 Å². The number of rotatable bonds is 7. The molecule has 27 heavy (non-hydrogen) atoms. The Bertz CT molecular complexity index is 858. The van der Waals surface area contributed by atoms with E-state index in [0.29, 0.717) is 6.07 Å². The molecular formula is C18H15F3N2O4. The number of halogens is 3. The van der Waals surface area contributed by atoms with Crippen molar-refractivity contribution in [1.29, 1.82) is 0 Å². The van der Waals surface area contributed by atoms with Crippen molar-refractivity contribution in [2.75, 3.05) is 18.5 Å². The fraction of sp³-hybridized carbons (Fsp3) is 0.167. The van der Waals surface area contributed by atoms with E-state index in [9.17, 15) is 27.6 Å². The van der Waals surface area contributed by atoms with Crippen LogP contribution in [0.5, 0.6) is 0 Å². The fourth-order valence-electron chi connectivity index (χ4n) is 2.03. The van der Waals surface area contributed by atoms with Crippen molar-refractivity contribution in [2.24, 2.45) is 0 Å². The van der Waals surface area contributed by atoms with Crippen LogP contribution in [0.4, 0.5) is 18.9 Å². The van der Waals surface area contributed by atoms with Gasteiger partial charge < -0.3 is 15.4 Å². The van der Waals surface area contributed by atoms with Crippen molar-refractivity contribution < 1.29 is 32.3 Å². The van der Waals surface area contributed by atoms with Crippen LogP contribution in [0.1, 0.15) is 16.8 Å². The Morgan fingerprint density at radius 2 is 1.70 bits per heavy atom. The van der Waals surface area contributed by atoms with Crippen LogP contribution in [0.15, 0.2) is 42.5 Å². The minimum atomic E-state index is -1.02. The molecule has 2 aromatic rings. The van der Waals surface area contributed by atoms with E-state index in [1.54, 1.807) is 0 Å². The molecule has 0 atom stereocenters. The van der Waals surface area contributed by atoms with Crippen molar-refractivity contribution in [3.8, 4) is 0 Å². The summed E-state index contributed by atoms with van der Waals surface area (Å²) < 4.78 is 43.9. The summed E-state index contributed by atoms with van der Waals surface area (Å²) in [7, 11) is 0. The second kappa shape index (κ2) is 9.37. The number of ether oxygens (including phenoxy) is 1. The van der Waals surface area contributed by atoms with E-state index in [1.165, 1.54) is 18.2 Å². The molecule has 0 saturated heterocycles. The zero-order valence-electron chi connectivity index (χ0n) is 13.9. The van der Waals surface area contributed by atoms with Gasteiger partial charge in [-0.25, -0.2) is 13.2 Å². The van der Waals surface area contributed by atoms with E-state index in [4.69, 9.17) is 4.74 Å². The van der Waals surface area contributed by atoms with Gasteiger partial charge in [0.15, 0.2) is 6.61 Å². The Balaban J connectivity index is 1.70. The summed E-state index contributed by atoms with van der Waals surface area (Å²) in [4.78, 5) is 34.9. The quantitative estimate of drug-likeness (QED) is 0.723. The zero-order chi connectivity index (χ0) is 19.8. The molecule has 0 radical (unpaired) electrons. The second-order valence-electron chi connectivity index (χ2n) is 5.35. The Labute approximate surface area is 152 Å². The van der Waals surface area contributed by atoms with Crippen LogP contribution in [-0.2, 0) is 14.3 Å². The van der Waals surface area contributed by atoms with E-state index < -0.39 is 41.8 Å². The number of anilines is 1. The summed E-state index contributed by atoms with van der Waals surface area (Å²) in [6, 6.07) is 7.67. The molecule has 0 bridgehead atoms. The highest BCUT2D eigenvalue weighted by Crippen LogP contribution is 2.10. The summed E-state index contributed by atoms with van der Waals surface area (Å²) in [5.74, 6) is -4.62. The molecule has 9 heteroatoms. The van der Waals surface area contributed by atoms with Crippen molar-refractivity contribution in [2.45, 2.75) is 6.42 Å². The smallest absolute Gasteiger partial charge is 0.308 e. The lowest BCUT2D eigenvalue weighted by molar-refractivity contribution is -0.147. The van der Waals surface area contributed by atoms with Crippen LogP contribution in [0.2, 0.25) is 0 Å². The number of carbonyl (C=O) groups is 3. The molecule has 0 aliphatic carbocycles. The molecule has 142 valence electrons. The third-order valence-corrected chi connectivity index (χ3v) is 3.26. The Kier molecular flexibility index (Phi) is 6.93. The first-order chi connectivity index (χ1) is 12.8. The lowest BCUT2D eigenvalue weighted by Crippen LogP contribution is -2.28. The van der Waals surface area contributed by atoms with Crippen LogP contribution < -0.4 is 10.6 Å². The number of esters is 1.